The molecule has 1 aromatic carbocycles. The quantitative estimate of drug-likeness (QED) is 0.163. The maximum absolute atomic E-state index is 15.0. The molecule has 1 fully saturated rings. The van der Waals surface area contributed by atoms with Crippen molar-refractivity contribution in [2.75, 3.05) is 13.3 Å². The minimum Gasteiger partial charge on any atom is -0.443 e. The molecule has 2 aliphatic rings. The summed E-state index contributed by atoms with van der Waals surface area (Å²) in [6.45, 7) is 14.4. The van der Waals surface area contributed by atoms with Gasteiger partial charge in [0.25, 0.3) is 0 Å². The fourth-order valence-corrected chi connectivity index (χ4v) is 6.56. The van der Waals surface area contributed by atoms with Gasteiger partial charge in [0.2, 0.25) is 0 Å². The van der Waals surface area contributed by atoms with Crippen molar-refractivity contribution in [1.82, 2.24) is 4.90 Å². The van der Waals surface area contributed by atoms with Crippen LogP contribution in [0.15, 0.2) is 27.7 Å². The van der Waals surface area contributed by atoms with Gasteiger partial charge < -0.3 is 14.3 Å². The van der Waals surface area contributed by atoms with Crippen LogP contribution in [0.25, 0.3) is 0 Å². The van der Waals surface area contributed by atoms with Crippen LogP contribution in [0.5, 0.6) is 0 Å². The lowest BCUT2D eigenvalue weighted by molar-refractivity contribution is -0.108. The molecule has 34 heavy (non-hydrogen) atoms. The van der Waals surface area contributed by atoms with Crippen LogP contribution in [0.4, 0.5) is 9.18 Å². The first-order chi connectivity index (χ1) is 15.6. The number of amides is 1. The maximum Gasteiger partial charge on any atom is 0.418 e. The summed E-state index contributed by atoms with van der Waals surface area (Å²) in [5.74, 6) is -0.578. The van der Waals surface area contributed by atoms with E-state index in [0.29, 0.717) is 23.8 Å². The molecule has 3 rings (SSSR count). The zero-order chi connectivity index (χ0) is 25.5. The Bertz CT molecular complexity index is 996. The van der Waals surface area contributed by atoms with Gasteiger partial charge in [0.1, 0.15) is 24.4 Å². The predicted octanol–water partition coefficient (Wildman–Crippen LogP) is 6.41. The third-order valence-corrected chi connectivity index (χ3v) is 9.59. The third kappa shape index (κ3) is 6.12. The Morgan fingerprint density at radius 1 is 1.38 bits per heavy atom. The normalized spacial score (nSPS) is 26.4. The first-order valence-electron chi connectivity index (χ1n) is 11.4. The van der Waals surface area contributed by atoms with Crippen molar-refractivity contribution in [3.8, 4) is 0 Å². The highest BCUT2D eigenvalue weighted by atomic mass is 79.9. The van der Waals surface area contributed by atoms with Gasteiger partial charge >= 0.3 is 6.09 Å². The van der Waals surface area contributed by atoms with Crippen LogP contribution in [0, 0.1) is 11.7 Å². The second kappa shape index (κ2) is 9.67. The van der Waals surface area contributed by atoms with Gasteiger partial charge in [-0.05, 0) is 58.4 Å². The lowest BCUT2D eigenvalue weighted by Gasteiger charge is -2.37. The Morgan fingerprint density at radius 2 is 2.06 bits per heavy atom. The van der Waals surface area contributed by atoms with E-state index >= 15 is 0 Å². The molecule has 10 heteroatoms. The third-order valence-electron chi connectivity index (χ3n) is 5.98. The second-order valence-corrected chi connectivity index (χ2v) is 19.2. The summed E-state index contributed by atoms with van der Waals surface area (Å²) in [5.41, 5.74) is -1.36. The number of ether oxygens (including phenoxy) is 2. The van der Waals surface area contributed by atoms with Gasteiger partial charge in [-0.15, -0.1) is 0 Å². The second-order valence-electron chi connectivity index (χ2n) is 11.4. The van der Waals surface area contributed by atoms with Crippen molar-refractivity contribution in [3.63, 3.8) is 0 Å². The number of nitrogens with zero attached hydrogens (tertiary/aromatic N) is 2. The number of fused-ring (bicyclic) bond motifs is 1. The van der Waals surface area contributed by atoms with E-state index in [4.69, 9.17) is 14.5 Å². The number of aldehydes is 1. The number of halogens is 2. The molecule has 0 saturated heterocycles. The Labute approximate surface area is 215 Å². The number of carbonyl (C=O) groups is 2. The molecule has 0 aromatic heterocycles. The van der Waals surface area contributed by atoms with Gasteiger partial charge in [-0.3, -0.25) is 4.99 Å². The van der Waals surface area contributed by atoms with Crippen LogP contribution in [-0.2, 0) is 19.8 Å². The number of amidine groups is 1. The Hall–Kier alpha value is -1.23. The molecule has 0 spiro atoms. The number of aliphatic imine (C=N–C) groups is 1. The number of thioether (sulfide) groups is 1. The number of hydrogen-bond acceptors (Lipinski definition) is 6. The van der Waals surface area contributed by atoms with E-state index in [9.17, 15) is 14.0 Å². The molecule has 1 aromatic rings. The summed E-state index contributed by atoms with van der Waals surface area (Å²) in [6, 6.07) is 5.65. The molecular weight excluding hydrogens is 539 g/mol. The van der Waals surface area contributed by atoms with Crippen molar-refractivity contribution >= 4 is 53.3 Å². The van der Waals surface area contributed by atoms with Gasteiger partial charge in [-0.25, -0.2) is 14.1 Å². The maximum atomic E-state index is 15.0. The van der Waals surface area contributed by atoms with Crippen LogP contribution in [0.1, 0.15) is 39.7 Å². The van der Waals surface area contributed by atoms with E-state index in [-0.39, 0.29) is 12.6 Å². The zero-order valence-electron chi connectivity index (χ0n) is 20.9. The van der Waals surface area contributed by atoms with Crippen molar-refractivity contribution in [3.05, 3.63) is 34.1 Å². The average Bonchev–Trinajstić information content (AvgIpc) is 3.44. The average molecular weight is 574 g/mol. The molecule has 1 saturated carbocycles. The predicted molar refractivity (Wildman–Crippen MR) is 140 cm³/mol. The Kier molecular flexibility index (Phi) is 7.78. The summed E-state index contributed by atoms with van der Waals surface area (Å²) in [6.07, 6.45) is 0.851. The van der Waals surface area contributed by atoms with E-state index in [1.807, 2.05) is 6.92 Å². The topological polar surface area (TPSA) is 68.2 Å². The highest BCUT2D eigenvalue weighted by Crippen LogP contribution is 2.65. The molecule has 1 unspecified atom stereocenters. The van der Waals surface area contributed by atoms with Crippen LogP contribution in [-0.4, -0.2) is 54.2 Å². The van der Waals surface area contributed by atoms with Crippen molar-refractivity contribution < 1.29 is 23.5 Å². The molecule has 6 nitrogen and oxygen atoms in total. The van der Waals surface area contributed by atoms with Gasteiger partial charge in [0, 0.05) is 30.6 Å². The van der Waals surface area contributed by atoms with Crippen LogP contribution < -0.4 is 0 Å². The van der Waals surface area contributed by atoms with E-state index in [0.717, 1.165) is 16.8 Å². The molecular formula is C24H34BrFN2O4SSi. The largest absolute Gasteiger partial charge is 0.443 e. The van der Waals surface area contributed by atoms with Crippen LogP contribution in [0.3, 0.4) is 0 Å². The summed E-state index contributed by atoms with van der Waals surface area (Å²) >= 11 is 4.66. The number of benzene rings is 1. The SMILES string of the molecule is CC(C)(C)OC(=O)N(COCC[Si](C)(C)C)C1=N[C@](C)(c2cc(Br)ccc2F)C2C[C@]2(C=O)S1. The molecule has 1 aliphatic carbocycles. The summed E-state index contributed by atoms with van der Waals surface area (Å²) < 4.78 is 26.5. The summed E-state index contributed by atoms with van der Waals surface area (Å²) in [5, 5.41) is 0.310. The monoisotopic (exact) mass is 572 g/mol. The minimum atomic E-state index is -1.32. The van der Waals surface area contributed by atoms with Gasteiger partial charge in [0.05, 0.1) is 10.3 Å². The van der Waals surface area contributed by atoms with Gasteiger partial charge in [-0.1, -0.05) is 47.3 Å². The molecule has 3 atom stereocenters. The Morgan fingerprint density at radius 3 is 2.65 bits per heavy atom. The molecule has 1 aliphatic heterocycles. The van der Waals surface area contributed by atoms with E-state index in [2.05, 4.69) is 35.6 Å². The molecule has 0 radical (unpaired) electrons. The summed E-state index contributed by atoms with van der Waals surface area (Å²) in [7, 11) is -1.32. The Balaban J connectivity index is 1.99. The van der Waals surface area contributed by atoms with Crippen LogP contribution in [0.2, 0.25) is 25.7 Å². The van der Waals surface area contributed by atoms with Crippen molar-refractivity contribution in [2.24, 2.45) is 10.9 Å². The smallest absolute Gasteiger partial charge is 0.418 e. The highest BCUT2D eigenvalue weighted by molar-refractivity contribution is 9.10. The molecule has 1 amide bonds. The standard InChI is InChI=1S/C24H34BrFN2O4SSi/c1-22(2,3)32-21(30)28(15-31-10-11-34(5,6)7)20-27-23(4,19-13-24(19,14-29)33-20)17-12-16(25)8-9-18(17)26/h8-9,12,14,19H,10-11,13,15H2,1-7H3/t19?,23-,24-/m1/s1. The van der Waals surface area contributed by atoms with E-state index in [1.165, 1.54) is 22.7 Å². The zero-order valence-corrected chi connectivity index (χ0v) is 24.3. The van der Waals surface area contributed by atoms with Gasteiger partial charge in [0.15, 0.2) is 5.17 Å². The number of rotatable bonds is 7. The highest BCUT2D eigenvalue weighted by Gasteiger charge is 2.67. The fourth-order valence-electron chi connectivity index (χ4n) is 3.96. The lowest BCUT2D eigenvalue weighted by atomic mass is 9.86. The van der Waals surface area contributed by atoms with Gasteiger partial charge in [-0.2, -0.15) is 0 Å². The first kappa shape index (κ1) is 27.4. The summed E-state index contributed by atoms with van der Waals surface area (Å²) in [4.78, 5) is 31.6. The molecule has 188 valence electrons. The number of hydrogen-bond donors (Lipinski definition) is 0. The number of carbonyl (C=O) groups excluding carboxylic acids is 2. The molecule has 1 heterocycles. The first-order valence-corrected chi connectivity index (χ1v) is 16.7. The van der Waals surface area contributed by atoms with E-state index in [1.54, 1.807) is 32.9 Å². The molecule has 0 bridgehead atoms. The fraction of sp³-hybridized carbons (Fsp3) is 0.625. The minimum absolute atomic E-state index is 0.0537. The molecule has 0 N–H and O–H groups in total. The lowest BCUT2D eigenvalue weighted by Crippen LogP contribution is -2.46. The van der Waals surface area contributed by atoms with Crippen molar-refractivity contribution in [1.29, 1.82) is 0 Å². The van der Waals surface area contributed by atoms with E-state index < -0.39 is 35.9 Å². The van der Waals surface area contributed by atoms with Crippen molar-refractivity contribution in [2.45, 2.75) is 75.7 Å². The van der Waals surface area contributed by atoms with Crippen LogP contribution >= 0.6 is 27.7 Å².